The minimum absolute atomic E-state index is 0.0646. The molecule has 1 saturated heterocycles. The molecule has 1 aliphatic rings. The Morgan fingerprint density at radius 2 is 1.86 bits per heavy atom. The van der Waals surface area contributed by atoms with Gasteiger partial charge in [-0.05, 0) is 71.0 Å². The minimum Gasteiger partial charge on any atom is -0.492 e. The van der Waals surface area contributed by atoms with Crippen molar-refractivity contribution in [1.82, 2.24) is 9.47 Å². The van der Waals surface area contributed by atoms with Gasteiger partial charge in [0.25, 0.3) is 0 Å². The minimum atomic E-state index is -1.79. The number of rotatable bonds is 5. The van der Waals surface area contributed by atoms with Gasteiger partial charge in [-0.3, -0.25) is 9.47 Å². The first-order valence-electron chi connectivity index (χ1n) is 9.85. The van der Waals surface area contributed by atoms with Crippen molar-refractivity contribution in [2.24, 2.45) is 0 Å². The molecule has 1 aliphatic heterocycles. The number of hydrogen-bond acceptors (Lipinski definition) is 6. The summed E-state index contributed by atoms with van der Waals surface area (Å²) < 4.78 is 12.5. The van der Waals surface area contributed by atoms with Crippen LogP contribution in [-0.4, -0.2) is 64.6 Å². The summed E-state index contributed by atoms with van der Waals surface area (Å²) in [4.78, 5) is 15.0. The molecule has 0 spiro atoms. The first-order valence-corrected chi connectivity index (χ1v) is 9.85. The van der Waals surface area contributed by atoms with Gasteiger partial charge < -0.3 is 19.5 Å². The lowest BCUT2D eigenvalue weighted by molar-refractivity contribution is 0.0547. The number of carbonyl (C=O) groups excluding carboxylic acids is 1. The zero-order chi connectivity index (χ0) is 20.3. The van der Waals surface area contributed by atoms with Crippen molar-refractivity contribution >= 4 is 29.7 Å². The van der Waals surface area contributed by atoms with E-state index in [0.717, 1.165) is 19.6 Å². The van der Waals surface area contributed by atoms with Crippen molar-refractivity contribution in [2.45, 2.75) is 45.6 Å². The van der Waals surface area contributed by atoms with Crippen LogP contribution in [0.1, 0.15) is 40.0 Å². The molecule has 152 valence electrons. The summed E-state index contributed by atoms with van der Waals surface area (Å²) in [6.45, 7) is 9.02. The molecule has 1 fully saturated rings. The quantitative estimate of drug-likeness (QED) is 0.762. The van der Waals surface area contributed by atoms with Crippen molar-refractivity contribution in [2.75, 3.05) is 26.2 Å². The van der Waals surface area contributed by atoms with Crippen LogP contribution in [0.25, 0.3) is 10.9 Å². The molecule has 2 aromatic rings. The normalized spacial score (nSPS) is 15.6. The number of ether oxygens (including phenoxy) is 2. The molecule has 0 saturated carbocycles. The molecular formula is C20H29BN2O5. The van der Waals surface area contributed by atoms with E-state index in [4.69, 9.17) is 9.47 Å². The molecule has 0 unspecified atom stereocenters. The van der Waals surface area contributed by atoms with Crippen molar-refractivity contribution in [1.29, 1.82) is 0 Å². The summed E-state index contributed by atoms with van der Waals surface area (Å²) in [5.41, 5.74) is -0.0847. The van der Waals surface area contributed by atoms with Crippen LogP contribution < -0.4 is 10.3 Å². The third kappa shape index (κ3) is 5.07. The number of benzene rings is 1. The van der Waals surface area contributed by atoms with Crippen molar-refractivity contribution in [3.05, 3.63) is 24.3 Å². The molecule has 1 aromatic carbocycles. The SMILES string of the molecule is CC(C)(C)OC(=O)n1c(B(O)O)cc2cc(OCCN3CCCCC3)ccc21. The fourth-order valence-electron chi connectivity index (χ4n) is 3.48. The van der Waals surface area contributed by atoms with Crippen molar-refractivity contribution in [3.63, 3.8) is 0 Å². The fraction of sp³-hybridized carbons (Fsp3) is 0.550. The van der Waals surface area contributed by atoms with Crippen LogP contribution in [0.3, 0.4) is 0 Å². The van der Waals surface area contributed by atoms with E-state index < -0.39 is 18.8 Å². The second-order valence-electron chi connectivity index (χ2n) is 8.23. The Hall–Kier alpha value is -2.03. The van der Waals surface area contributed by atoms with Gasteiger partial charge >= 0.3 is 13.2 Å². The Balaban J connectivity index is 1.77. The number of hydrogen-bond donors (Lipinski definition) is 2. The van der Waals surface area contributed by atoms with Gasteiger partial charge in [0.2, 0.25) is 0 Å². The summed E-state index contributed by atoms with van der Waals surface area (Å²) in [7, 11) is -1.79. The van der Waals surface area contributed by atoms with E-state index in [0.29, 0.717) is 23.3 Å². The van der Waals surface area contributed by atoms with Crippen LogP contribution in [0.4, 0.5) is 4.79 Å². The standard InChI is InChI=1S/C20H29BN2O5/c1-20(2,3)28-19(24)23-17-8-7-16(13-15(17)14-18(23)21(25)26)27-12-11-22-9-5-4-6-10-22/h7-8,13-14,25-26H,4-6,9-12H2,1-3H3. The van der Waals surface area contributed by atoms with E-state index in [-0.39, 0.29) is 5.59 Å². The Morgan fingerprint density at radius 3 is 2.50 bits per heavy atom. The van der Waals surface area contributed by atoms with E-state index in [1.807, 2.05) is 0 Å². The molecule has 8 heteroatoms. The maximum absolute atomic E-state index is 12.6. The van der Waals surface area contributed by atoms with E-state index in [9.17, 15) is 14.8 Å². The summed E-state index contributed by atoms with van der Waals surface area (Å²) >= 11 is 0. The van der Waals surface area contributed by atoms with Crippen LogP contribution in [0.5, 0.6) is 5.75 Å². The molecule has 0 aliphatic carbocycles. The fourth-order valence-corrected chi connectivity index (χ4v) is 3.48. The van der Waals surface area contributed by atoms with Gasteiger partial charge in [-0.1, -0.05) is 6.42 Å². The highest BCUT2D eigenvalue weighted by Gasteiger charge is 2.27. The summed E-state index contributed by atoms with van der Waals surface area (Å²) in [6.07, 6.45) is 3.15. The predicted molar refractivity (Wildman–Crippen MR) is 109 cm³/mol. The smallest absolute Gasteiger partial charge is 0.492 e. The average Bonchev–Trinajstić information content (AvgIpc) is 3.00. The molecule has 7 nitrogen and oxygen atoms in total. The molecule has 2 heterocycles. The summed E-state index contributed by atoms with van der Waals surface area (Å²) in [5.74, 6) is 0.685. The largest absolute Gasteiger partial charge is 0.506 e. The maximum Gasteiger partial charge on any atom is 0.506 e. The highest BCUT2D eigenvalue weighted by atomic mass is 16.6. The van der Waals surface area contributed by atoms with Crippen LogP contribution in [-0.2, 0) is 4.74 Å². The molecule has 28 heavy (non-hydrogen) atoms. The molecule has 0 radical (unpaired) electrons. The van der Waals surface area contributed by atoms with Gasteiger partial charge in [-0.2, -0.15) is 0 Å². The lowest BCUT2D eigenvalue weighted by atomic mass is 9.86. The zero-order valence-electron chi connectivity index (χ0n) is 16.9. The van der Waals surface area contributed by atoms with E-state index in [1.54, 1.807) is 45.0 Å². The number of nitrogens with zero attached hydrogens (tertiary/aromatic N) is 2. The van der Waals surface area contributed by atoms with Crippen LogP contribution >= 0.6 is 0 Å². The van der Waals surface area contributed by atoms with Gasteiger partial charge in [-0.15, -0.1) is 0 Å². The van der Waals surface area contributed by atoms with Gasteiger partial charge in [-0.25, -0.2) is 4.79 Å². The molecule has 1 aromatic heterocycles. The Bertz CT molecular complexity index is 822. The van der Waals surface area contributed by atoms with Gasteiger partial charge in [0.15, 0.2) is 0 Å². The Morgan fingerprint density at radius 1 is 1.14 bits per heavy atom. The Kier molecular flexibility index (Phi) is 6.32. The van der Waals surface area contributed by atoms with Gasteiger partial charge in [0.1, 0.15) is 18.0 Å². The molecule has 2 N–H and O–H groups in total. The Labute approximate surface area is 166 Å². The summed E-state index contributed by atoms with van der Waals surface area (Å²) in [5, 5.41) is 20.1. The highest BCUT2D eigenvalue weighted by molar-refractivity contribution is 6.59. The third-order valence-corrected chi connectivity index (χ3v) is 4.77. The maximum atomic E-state index is 12.6. The highest BCUT2D eigenvalue weighted by Crippen LogP contribution is 2.23. The zero-order valence-corrected chi connectivity index (χ0v) is 16.9. The lowest BCUT2D eigenvalue weighted by Crippen LogP contribution is -2.40. The molecular weight excluding hydrogens is 359 g/mol. The van der Waals surface area contributed by atoms with Gasteiger partial charge in [0.05, 0.1) is 11.1 Å². The topological polar surface area (TPSA) is 84.2 Å². The number of fused-ring (bicyclic) bond motifs is 1. The second-order valence-corrected chi connectivity index (χ2v) is 8.23. The number of aromatic nitrogens is 1. The number of carbonyl (C=O) groups is 1. The molecule has 0 bridgehead atoms. The molecule has 0 amide bonds. The van der Waals surface area contributed by atoms with Gasteiger partial charge in [0, 0.05) is 11.9 Å². The van der Waals surface area contributed by atoms with E-state index in [2.05, 4.69) is 4.90 Å². The van der Waals surface area contributed by atoms with Crippen LogP contribution in [0.15, 0.2) is 24.3 Å². The molecule has 0 atom stereocenters. The lowest BCUT2D eigenvalue weighted by Gasteiger charge is -2.26. The first-order chi connectivity index (χ1) is 13.2. The third-order valence-electron chi connectivity index (χ3n) is 4.77. The monoisotopic (exact) mass is 388 g/mol. The van der Waals surface area contributed by atoms with Crippen LogP contribution in [0.2, 0.25) is 0 Å². The summed E-state index contributed by atoms with van der Waals surface area (Å²) in [6, 6.07) is 6.90. The van der Waals surface area contributed by atoms with Crippen LogP contribution in [0, 0.1) is 0 Å². The molecule has 3 rings (SSSR count). The van der Waals surface area contributed by atoms with Crippen molar-refractivity contribution < 1.29 is 24.3 Å². The van der Waals surface area contributed by atoms with E-state index >= 15 is 0 Å². The van der Waals surface area contributed by atoms with Crippen molar-refractivity contribution in [3.8, 4) is 5.75 Å². The van der Waals surface area contributed by atoms with E-state index in [1.165, 1.54) is 23.8 Å². The second kappa shape index (κ2) is 8.55. The average molecular weight is 388 g/mol. The number of piperidine rings is 1. The predicted octanol–water partition coefficient (Wildman–Crippen LogP) is 1.97. The first kappa shape index (κ1) is 20.7. The number of likely N-dealkylation sites (tertiary alicyclic amines) is 1.